The molecule has 2 bridgehead atoms. The van der Waals surface area contributed by atoms with Crippen molar-refractivity contribution in [3.8, 4) is 5.75 Å². The van der Waals surface area contributed by atoms with Crippen LogP contribution in [0.1, 0.15) is 59.3 Å². The Morgan fingerprint density at radius 3 is 2.42 bits per heavy atom. The minimum atomic E-state index is -1.16. The molecule has 1 aromatic carbocycles. The van der Waals surface area contributed by atoms with Gasteiger partial charge in [-0.1, -0.05) is 18.2 Å². The molecule has 11 nitrogen and oxygen atoms in total. The molecule has 1 aliphatic carbocycles. The van der Waals surface area contributed by atoms with Gasteiger partial charge in [0, 0.05) is 6.54 Å². The Kier molecular flexibility index (Phi) is 9.36. The Morgan fingerprint density at radius 1 is 1.14 bits per heavy atom. The Bertz CT molecular complexity index is 1240. The van der Waals surface area contributed by atoms with E-state index in [4.69, 9.17) is 9.47 Å². The smallest absolute Gasteiger partial charge is 0.648 e. The summed E-state index contributed by atoms with van der Waals surface area (Å²) in [5.41, 5.74) is -2.17. The normalized spacial score (nSPS) is 19.7. The minimum absolute atomic E-state index is 0. The van der Waals surface area contributed by atoms with Crippen LogP contribution in [0, 0.1) is 5.92 Å². The maximum atomic E-state index is 13.6. The quantitative estimate of drug-likeness (QED) is 0.346. The van der Waals surface area contributed by atoms with Crippen LogP contribution in [0.3, 0.4) is 0 Å². The van der Waals surface area contributed by atoms with E-state index in [1.807, 2.05) is 0 Å². The third-order valence-corrected chi connectivity index (χ3v) is 6.38. The summed E-state index contributed by atoms with van der Waals surface area (Å²) in [5.74, 6) is -3.96. The van der Waals surface area contributed by atoms with Crippen molar-refractivity contribution >= 4 is 23.8 Å². The van der Waals surface area contributed by atoms with E-state index in [0.29, 0.717) is 25.7 Å². The van der Waals surface area contributed by atoms with Crippen LogP contribution in [-0.4, -0.2) is 47.0 Å². The number of hydrogen-bond donors (Lipinski definition) is 1. The van der Waals surface area contributed by atoms with E-state index in [0.717, 1.165) is 0 Å². The first-order valence-corrected chi connectivity index (χ1v) is 11.4. The Morgan fingerprint density at radius 2 is 1.81 bits per heavy atom. The van der Waals surface area contributed by atoms with Gasteiger partial charge in [0.2, 0.25) is 5.75 Å². The molecule has 1 saturated carbocycles. The van der Waals surface area contributed by atoms with Crippen molar-refractivity contribution in [2.45, 2.75) is 44.7 Å². The summed E-state index contributed by atoms with van der Waals surface area (Å²) < 4.78 is 11.8. The first-order chi connectivity index (χ1) is 16.8. The number of nitrogens with one attached hydrogen (secondary N) is 1. The molecule has 2 aromatic rings. The zero-order valence-corrected chi connectivity index (χ0v) is 25.3. The van der Waals surface area contributed by atoms with Crippen LogP contribution in [0.2, 0.25) is 0 Å². The molecule has 2 amide bonds. The number of likely N-dealkylation sites (N-methyl/N-ethyl adjacent to an activating group) is 1. The van der Waals surface area contributed by atoms with E-state index < -0.39 is 46.3 Å². The number of aromatic nitrogens is 2. The summed E-state index contributed by atoms with van der Waals surface area (Å²) in [6.07, 6.45) is 2.15. The molecule has 0 atom stereocenters. The van der Waals surface area contributed by atoms with Gasteiger partial charge < -0.3 is 24.9 Å². The zero-order valence-electron chi connectivity index (χ0n) is 20.4. The number of carbonyl (C=O) groups is 4. The maximum absolute atomic E-state index is 13.6. The predicted molar refractivity (Wildman–Crippen MR) is 122 cm³/mol. The Hall–Kier alpha value is -2.21. The third-order valence-electron chi connectivity index (χ3n) is 6.38. The molecule has 12 heteroatoms. The summed E-state index contributed by atoms with van der Waals surface area (Å²) in [6, 6.07) is 8.03. The van der Waals surface area contributed by atoms with E-state index in [2.05, 4.69) is 15.6 Å². The first kappa shape index (κ1) is 28.4. The van der Waals surface area contributed by atoms with Crippen LogP contribution in [0.4, 0.5) is 0 Å². The molecular weight excluding hydrogens is 542 g/mol. The van der Waals surface area contributed by atoms with Gasteiger partial charge in [0.05, 0.1) is 17.7 Å². The monoisotopic (exact) mass is 566 g/mol. The zero-order chi connectivity index (χ0) is 25.2. The van der Waals surface area contributed by atoms with E-state index in [-0.39, 0.29) is 88.6 Å². The number of rotatable bonds is 5. The third kappa shape index (κ3) is 5.53. The Labute approximate surface area is 256 Å². The number of amides is 2. The van der Waals surface area contributed by atoms with Crippen molar-refractivity contribution in [1.82, 2.24) is 14.9 Å². The van der Waals surface area contributed by atoms with E-state index in [9.17, 15) is 24.0 Å². The molecule has 0 unspecified atom stereocenters. The predicted octanol–water partition coefficient (Wildman–Crippen LogP) is -1.31. The average molecular weight is 567 g/mol. The number of hydrogen-bond acceptors (Lipinski definition) is 8. The van der Waals surface area contributed by atoms with Crippen molar-refractivity contribution in [1.29, 1.82) is 0 Å². The van der Waals surface area contributed by atoms with Crippen LogP contribution in [0.15, 0.2) is 35.1 Å². The van der Waals surface area contributed by atoms with E-state index >= 15 is 0 Å². The van der Waals surface area contributed by atoms with E-state index in [1.165, 1.54) is 23.7 Å². The average Bonchev–Trinajstić information content (AvgIpc) is 3.11. The van der Waals surface area contributed by atoms with Gasteiger partial charge in [0.15, 0.2) is 5.69 Å². The molecular formula is C24H25N4O7Rb. The fraction of sp³-hybridized carbons (Fsp3) is 0.417. The van der Waals surface area contributed by atoms with Crippen LogP contribution < -0.4 is 73.8 Å². The van der Waals surface area contributed by atoms with Gasteiger partial charge in [-0.3, -0.25) is 14.2 Å². The van der Waals surface area contributed by atoms with Crippen LogP contribution in [0.25, 0.3) is 5.32 Å². The van der Waals surface area contributed by atoms with Crippen molar-refractivity contribution < 1.29 is 86.8 Å². The van der Waals surface area contributed by atoms with Crippen molar-refractivity contribution in [2.75, 3.05) is 13.7 Å². The number of esters is 2. The van der Waals surface area contributed by atoms with Gasteiger partial charge in [-0.05, 0) is 50.7 Å². The molecule has 0 radical (unpaired) electrons. The summed E-state index contributed by atoms with van der Waals surface area (Å²) in [4.78, 5) is 68.0. The number of fused-ring (bicyclic) bond motifs is 2. The standard InChI is InChI=1S/C24H26N4O7.Rb/c1-3-34-22(33)16-17(35-21(32)15-7-5-4-6-8-15)20(31)28-13-14-9-11-24(12-10-14,23(28)26-16)27-19(30)18(29)25-2;/h4-8,14H,3,9-13H2,1-2H3,(H2,25,27,29,30);/q;+1/p-1. The van der Waals surface area contributed by atoms with Gasteiger partial charge >= 0.3 is 70.1 Å². The molecule has 5 rings (SSSR count). The summed E-state index contributed by atoms with van der Waals surface area (Å²) in [5, 5.41) is 6.12. The number of benzene rings is 1. The SMILES string of the molecule is CCOC(=O)c1nc2n(c(=O)c1OC(=O)c1ccccc1)CC1CCC2(NC(=O)C(=O)[N-]C)CC1.[Rb+]. The molecule has 3 heterocycles. The number of carbonyl (C=O) groups excluding carboxylic acids is 4. The van der Waals surface area contributed by atoms with Crippen molar-refractivity contribution in [3.05, 3.63) is 63.1 Å². The second kappa shape index (κ2) is 11.9. The fourth-order valence-electron chi connectivity index (χ4n) is 4.62. The molecule has 1 fully saturated rings. The summed E-state index contributed by atoms with van der Waals surface area (Å²) in [6.45, 7) is 1.86. The minimum Gasteiger partial charge on any atom is -0.648 e. The first-order valence-electron chi connectivity index (χ1n) is 11.4. The Balaban J connectivity index is 0.00000361. The van der Waals surface area contributed by atoms with Crippen molar-refractivity contribution in [2.24, 2.45) is 5.92 Å². The second-order valence-electron chi connectivity index (χ2n) is 8.51. The molecule has 2 aliphatic heterocycles. The number of ether oxygens (including phenoxy) is 2. The molecule has 0 spiro atoms. The van der Waals surface area contributed by atoms with Gasteiger partial charge in [-0.15, -0.1) is 7.05 Å². The van der Waals surface area contributed by atoms with Crippen LogP contribution in [-0.2, 0) is 26.4 Å². The molecule has 36 heavy (non-hydrogen) atoms. The fourth-order valence-corrected chi connectivity index (χ4v) is 4.62. The van der Waals surface area contributed by atoms with Crippen molar-refractivity contribution in [3.63, 3.8) is 0 Å². The largest absolute Gasteiger partial charge is 1.00 e. The van der Waals surface area contributed by atoms with Gasteiger partial charge in [0.25, 0.3) is 11.5 Å². The summed E-state index contributed by atoms with van der Waals surface area (Å²) >= 11 is 0. The maximum Gasteiger partial charge on any atom is 1.00 e. The van der Waals surface area contributed by atoms with Crippen LogP contribution in [0.5, 0.6) is 5.75 Å². The van der Waals surface area contributed by atoms with Crippen LogP contribution >= 0.6 is 0 Å². The van der Waals surface area contributed by atoms with Gasteiger partial charge in [-0.2, -0.15) is 0 Å². The second-order valence-corrected chi connectivity index (χ2v) is 8.51. The molecule has 3 aliphatic rings. The topological polar surface area (TPSA) is 148 Å². The summed E-state index contributed by atoms with van der Waals surface area (Å²) in [7, 11) is 1.21. The molecule has 0 saturated heterocycles. The van der Waals surface area contributed by atoms with E-state index in [1.54, 1.807) is 25.1 Å². The molecule has 1 N–H and O–H groups in total. The number of nitrogens with zero attached hydrogens (tertiary/aromatic N) is 3. The van der Waals surface area contributed by atoms with Gasteiger partial charge in [-0.25, -0.2) is 14.6 Å². The molecule has 1 aromatic heterocycles. The molecule has 184 valence electrons. The van der Waals surface area contributed by atoms with Gasteiger partial charge in [0.1, 0.15) is 11.7 Å².